The number of hydrogen-bond acceptors (Lipinski definition) is 4. The molecule has 1 aromatic heterocycles. The normalized spacial score (nSPS) is 15.9. The lowest BCUT2D eigenvalue weighted by Gasteiger charge is -2.24. The Bertz CT molecular complexity index is 1520. The van der Waals surface area contributed by atoms with Crippen molar-refractivity contribution < 1.29 is 14.0 Å². The fourth-order valence-corrected chi connectivity index (χ4v) is 6.00. The van der Waals surface area contributed by atoms with E-state index in [4.69, 9.17) is 16.7 Å². The molecular formula is C31H30ClFN4O2S. The number of nitrogens with zero attached hydrogens (tertiary/aromatic N) is 3. The molecule has 2 unspecified atom stereocenters. The summed E-state index contributed by atoms with van der Waals surface area (Å²) in [5.41, 5.74) is 4.94. The second kappa shape index (κ2) is 11.9. The Morgan fingerprint density at radius 2 is 1.77 bits per heavy atom. The van der Waals surface area contributed by atoms with Gasteiger partial charge in [0.2, 0.25) is 11.8 Å². The zero-order valence-corrected chi connectivity index (χ0v) is 24.1. The van der Waals surface area contributed by atoms with Gasteiger partial charge >= 0.3 is 0 Å². The Morgan fingerprint density at radius 1 is 1.10 bits per heavy atom. The maximum absolute atomic E-state index is 13.9. The predicted octanol–water partition coefficient (Wildman–Crippen LogP) is 6.72. The summed E-state index contributed by atoms with van der Waals surface area (Å²) in [5.74, 6) is -0.122. The minimum atomic E-state index is -0.341. The second-order valence-corrected chi connectivity index (χ2v) is 11.5. The van der Waals surface area contributed by atoms with Crippen molar-refractivity contribution in [1.82, 2.24) is 15.1 Å². The summed E-state index contributed by atoms with van der Waals surface area (Å²) in [6.07, 6.45) is 0.773. The van der Waals surface area contributed by atoms with E-state index in [1.807, 2.05) is 57.2 Å². The van der Waals surface area contributed by atoms with Crippen LogP contribution in [-0.2, 0) is 9.59 Å². The minimum Gasteiger partial charge on any atom is -0.352 e. The third-order valence-corrected chi connectivity index (χ3v) is 8.49. The highest BCUT2D eigenvalue weighted by Crippen LogP contribution is 2.48. The molecule has 0 saturated carbocycles. The highest BCUT2D eigenvalue weighted by molar-refractivity contribution is 8.00. The molecule has 0 saturated heterocycles. The third kappa shape index (κ3) is 5.78. The molecule has 0 spiro atoms. The van der Waals surface area contributed by atoms with E-state index in [-0.39, 0.29) is 41.2 Å². The van der Waals surface area contributed by atoms with E-state index >= 15 is 0 Å². The molecule has 0 fully saturated rings. The van der Waals surface area contributed by atoms with Gasteiger partial charge in [0.1, 0.15) is 18.2 Å². The number of nitrogens with one attached hydrogen (secondary N) is 1. The van der Waals surface area contributed by atoms with Crippen LogP contribution in [0.5, 0.6) is 0 Å². The van der Waals surface area contributed by atoms with Crippen molar-refractivity contribution in [3.8, 4) is 16.9 Å². The van der Waals surface area contributed by atoms with Crippen LogP contribution in [0.1, 0.15) is 42.2 Å². The lowest BCUT2D eigenvalue weighted by Crippen LogP contribution is -2.44. The molecule has 2 atom stereocenters. The van der Waals surface area contributed by atoms with Gasteiger partial charge in [-0.15, -0.1) is 11.8 Å². The van der Waals surface area contributed by atoms with Gasteiger partial charge in [0.25, 0.3) is 0 Å². The monoisotopic (exact) mass is 576 g/mol. The van der Waals surface area contributed by atoms with Crippen molar-refractivity contribution in [2.75, 3.05) is 17.2 Å². The van der Waals surface area contributed by atoms with Crippen molar-refractivity contribution >= 4 is 41.0 Å². The van der Waals surface area contributed by atoms with Crippen molar-refractivity contribution in [2.45, 2.75) is 38.5 Å². The third-order valence-electron chi connectivity index (χ3n) is 6.98. The number of aryl methyl sites for hydroxylation is 1. The van der Waals surface area contributed by atoms with Crippen LogP contribution in [0, 0.1) is 12.7 Å². The Hall–Kier alpha value is -3.62. The van der Waals surface area contributed by atoms with Crippen LogP contribution in [-0.4, -0.2) is 39.9 Å². The fourth-order valence-electron chi connectivity index (χ4n) is 4.67. The summed E-state index contributed by atoms with van der Waals surface area (Å²) < 4.78 is 15.7. The lowest BCUT2D eigenvalue weighted by atomic mass is 9.99. The van der Waals surface area contributed by atoms with Crippen molar-refractivity contribution in [3.05, 3.63) is 100 Å². The quantitative estimate of drug-likeness (QED) is 0.265. The van der Waals surface area contributed by atoms with Gasteiger partial charge < -0.3 is 5.32 Å². The van der Waals surface area contributed by atoms with Crippen molar-refractivity contribution in [3.63, 3.8) is 0 Å². The standard InChI is InChI=1S/C31H30ClFN4O2S/c1-4-20(3)34-26(38)17-36-27(39)18-40-30(22-9-13-24(33)14-10-22)28-29(21-7-11-23(32)12-8-21)35-37(31(28)36)25-15-5-19(2)6-16-25/h5-16,20,30H,4,17-18H2,1-3H3,(H,34,38). The van der Waals surface area contributed by atoms with Gasteiger partial charge in [-0.2, -0.15) is 5.10 Å². The molecule has 1 aliphatic heterocycles. The van der Waals surface area contributed by atoms with Gasteiger partial charge in [0.05, 0.1) is 22.4 Å². The van der Waals surface area contributed by atoms with E-state index in [1.165, 1.54) is 28.8 Å². The van der Waals surface area contributed by atoms with Crippen LogP contribution in [0.3, 0.4) is 0 Å². The molecule has 206 valence electrons. The largest absolute Gasteiger partial charge is 0.352 e. The van der Waals surface area contributed by atoms with E-state index in [0.29, 0.717) is 16.5 Å². The first-order valence-electron chi connectivity index (χ1n) is 13.2. The molecule has 3 aromatic carbocycles. The Morgan fingerprint density at radius 3 is 2.42 bits per heavy atom. The molecule has 0 aliphatic carbocycles. The number of carbonyl (C=O) groups is 2. The van der Waals surface area contributed by atoms with Crippen LogP contribution in [0.2, 0.25) is 5.02 Å². The lowest BCUT2D eigenvalue weighted by molar-refractivity contribution is -0.123. The highest BCUT2D eigenvalue weighted by Gasteiger charge is 2.37. The molecule has 9 heteroatoms. The average Bonchev–Trinajstić information content (AvgIpc) is 3.26. The number of anilines is 1. The number of benzene rings is 3. The van der Waals surface area contributed by atoms with Crippen molar-refractivity contribution in [2.24, 2.45) is 0 Å². The van der Waals surface area contributed by atoms with Gasteiger partial charge in [-0.05, 0) is 62.2 Å². The molecule has 1 N–H and O–H groups in total. The maximum atomic E-state index is 13.9. The Balaban J connectivity index is 1.77. The molecule has 2 amide bonds. The first kappa shape index (κ1) is 27.9. The smallest absolute Gasteiger partial charge is 0.240 e. The van der Waals surface area contributed by atoms with E-state index in [9.17, 15) is 14.0 Å². The van der Waals surface area contributed by atoms with Crippen LogP contribution in [0.15, 0.2) is 72.8 Å². The number of rotatable bonds is 7. The van der Waals surface area contributed by atoms with Crippen LogP contribution < -0.4 is 10.2 Å². The summed E-state index contributed by atoms with van der Waals surface area (Å²) in [6, 6.07) is 21.5. The predicted molar refractivity (Wildman–Crippen MR) is 160 cm³/mol. The number of halogens is 2. The van der Waals surface area contributed by atoms with E-state index < -0.39 is 0 Å². The molecule has 40 heavy (non-hydrogen) atoms. The van der Waals surface area contributed by atoms with Crippen LogP contribution in [0.4, 0.5) is 10.2 Å². The van der Waals surface area contributed by atoms with E-state index in [0.717, 1.165) is 34.4 Å². The summed E-state index contributed by atoms with van der Waals surface area (Å²) in [4.78, 5) is 28.4. The molecule has 1 aliphatic rings. The van der Waals surface area contributed by atoms with Gasteiger partial charge in [-0.3, -0.25) is 14.5 Å². The molecule has 2 heterocycles. The summed E-state index contributed by atoms with van der Waals surface area (Å²) in [7, 11) is 0. The van der Waals surface area contributed by atoms with Crippen LogP contribution in [0.25, 0.3) is 16.9 Å². The van der Waals surface area contributed by atoms with E-state index in [2.05, 4.69) is 5.32 Å². The number of fused-ring (bicyclic) bond motifs is 1. The van der Waals surface area contributed by atoms with E-state index in [1.54, 1.807) is 28.9 Å². The number of carbonyl (C=O) groups excluding carboxylic acids is 2. The van der Waals surface area contributed by atoms with Gasteiger partial charge in [0.15, 0.2) is 0 Å². The minimum absolute atomic E-state index is 0.0259. The first-order chi connectivity index (χ1) is 19.2. The average molecular weight is 577 g/mol. The number of thioether (sulfide) groups is 1. The molecule has 0 bridgehead atoms. The Kier molecular flexibility index (Phi) is 8.28. The SMILES string of the molecule is CCC(C)NC(=O)CN1C(=O)CSC(c2ccc(F)cc2)c2c(-c3ccc(Cl)cc3)nn(-c3ccc(C)cc3)c21. The first-order valence-corrected chi connectivity index (χ1v) is 14.6. The molecule has 0 radical (unpaired) electrons. The molecular weight excluding hydrogens is 547 g/mol. The highest BCUT2D eigenvalue weighted by atomic mass is 35.5. The number of aromatic nitrogens is 2. The molecule has 5 rings (SSSR count). The maximum Gasteiger partial charge on any atom is 0.240 e. The summed E-state index contributed by atoms with van der Waals surface area (Å²) >= 11 is 7.66. The molecule has 4 aromatic rings. The van der Waals surface area contributed by atoms with Gasteiger partial charge in [-0.25, -0.2) is 9.07 Å². The summed E-state index contributed by atoms with van der Waals surface area (Å²) in [6.45, 7) is 5.78. The van der Waals surface area contributed by atoms with Crippen LogP contribution >= 0.6 is 23.4 Å². The zero-order chi connectivity index (χ0) is 28.4. The molecule has 6 nitrogen and oxygen atoms in total. The fraction of sp³-hybridized carbons (Fsp3) is 0.258. The van der Waals surface area contributed by atoms with Gasteiger partial charge in [-0.1, -0.05) is 60.5 Å². The topological polar surface area (TPSA) is 67.2 Å². The number of hydrogen-bond donors (Lipinski definition) is 1. The second-order valence-electron chi connectivity index (χ2n) is 9.94. The number of amides is 2. The Labute approximate surface area is 242 Å². The van der Waals surface area contributed by atoms with Crippen molar-refractivity contribution in [1.29, 1.82) is 0 Å². The zero-order valence-electron chi connectivity index (χ0n) is 22.5. The summed E-state index contributed by atoms with van der Waals surface area (Å²) in [5, 5.41) is 8.29. The van der Waals surface area contributed by atoms with Gasteiger partial charge in [0, 0.05) is 22.2 Å².